The zero-order valence-electron chi connectivity index (χ0n) is 10.9. The topological polar surface area (TPSA) is 69.8 Å². The number of aromatic nitrogens is 2. The standard InChI is InChI=1S/C12H20N4O.2ClH/c17-12(10-2-1-5-13-6-3-10)16-7-4-11-14-8-9-15-11;;/h8-10,13H,1-7H2,(H,14,15)(H,16,17);2*1H. The molecule has 7 heteroatoms. The van der Waals surface area contributed by atoms with E-state index in [1.807, 2.05) is 0 Å². The Bertz CT molecular complexity index is 338. The molecule has 0 aromatic carbocycles. The Kier molecular flexibility index (Phi) is 9.65. The molecule has 0 saturated carbocycles. The highest BCUT2D eigenvalue weighted by Crippen LogP contribution is 2.13. The minimum atomic E-state index is 0. The predicted molar refractivity (Wildman–Crippen MR) is 80.0 cm³/mol. The lowest BCUT2D eigenvalue weighted by molar-refractivity contribution is -0.125. The lowest BCUT2D eigenvalue weighted by Crippen LogP contribution is -2.32. The first-order valence-corrected chi connectivity index (χ1v) is 6.33. The molecule has 1 aliphatic rings. The zero-order chi connectivity index (χ0) is 11.9. The molecule has 1 atom stereocenters. The lowest BCUT2D eigenvalue weighted by Gasteiger charge is -2.13. The summed E-state index contributed by atoms with van der Waals surface area (Å²) >= 11 is 0. The maximum Gasteiger partial charge on any atom is 0.223 e. The van der Waals surface area contributed by atoms with Crippen LogP contribution in [0.2, 0.25) is 0 Å². The van der Waals surface area contributed by atoms with Crippen molar-refractivity contribution in [2.75, 3.05) is 19.6 Å². The number of imidazole rings is 1. The van der Waals surface area contributed by atoms with Gasteiger partial charge in [-0.3, -0.25) is 4.79 Å². The van der Waals surface area contributed by atoms with Crippen molar-refractivity contribution in [3.8, 4) is 0 Å². The van der Waals surface area contributed by atoms with Gasteiger partial charge in [0, 0.05) is 31.3 Å². The fraction of sp³-hybridized carbons (Fsp3) is 0.667. The molecule has 0 spiro atoms. The monoisotopic (exact) mass is 308 g/mol. The molecule has 110 valence electrons. The highest BCUT2D eigenvalue weighted by atomic mass is 35.5. The van der Waals surface area contributed by atoms with Gasteiger partial charge in [0.1, 0.15) is 5.82 Å². The van der Waals surface area contributed by atoms with Gasteiger partial charge in [-0.1, -0.05) is 0 Å². The maximum absolute atomic E-state index is 11.9. The van der Waals surface area contributed by atoms with Crippen molar-refractivity contribution in [3.63, 3.8) is 0 Å². The van der Waals surface area contributed by atoms with Crippen molar-refractivity contribution >= 4 is 30.7 Å². The van der Waals surface area contributed by atoms with E-state index < -0.39 is 0 Å². The molecule has 0 radical (unpaired) electrons. The predicted octanol–water partition coefficient (Wildman–Crippen LogP) is 1.30. The Balaban J connectivity index is 0.00000162. The summed E-state index contributed by atoms with van der Waals surface area (Å²) < 4.78 is 0. The van der Waals surface area contributed by atoms with Gasteiger partial charge < -0.3 is 15.6 Å². The van der Waals surface area contributed by atoms with E-state index in [0.717, 1.165) is 44.6 Å². The van der Waals surface area contributed by atoms with Gasteiger partial charge >= 0.3 is 0 Å². The van der Waals surface area contributed by atoms with Crippen LogP contribution in [0.1, 0.15) is 25.1 Å². The van der Waals surface area contributed by atoms with Gasteiger partial charge in [-0.2, -0.15) is 0 Å². The van der Waals surface area contributed by atoms with Crippen molar-refractivity contribution in [2.45, 2.75) is 25.7 Å². The van der Waals surface area contributed by atoms with Crippen LogP contribution in [-0.2, 0) is 11.2 Å². The van der Waals surface area contributed by atoms with Crippen molar-refractivity contribution in [3.05, 3.63) is 18.2 Å². The van der Waals surface area contributed by atoms with Crippen molar-refractivity contribution in [2.24, 2.45) is 5.92 Å². The van der Waals surface area contributed by atoms with Crippen LogP contribution in [0.15, 0.2) is 12.4 Å². The van der Waals surface area contributed by atoms with E-state index in [1.165, 1.54) is 0 Å². The quantitative estimate of drug-likeness (QED) is 0.785. The molecule has 0 bridgehead atoms. The Morgan fingerprint density at radius 1 is 1.37 bits per heavy atom. The second kappa shape index (κ2) is 10.1. The number of halogens is 2. The summed E-state index contributed by atoms with van der Waals surface area (Å²) in [6.07, 6.45) is 7.34. The van der Waals surface area contributed by atoms with E-state index in [1.54, 1.807) is 12.4 Å². The number of hydrogen-bond donors (Lipinski definition) is 3. The fourth-order valence-corrected chi connectivity index (χ4v) is 2.16. The Labute approximate surface area is 126 Å². The van der Waals surface area contributed by atoms with Crippen LogP contribution in [0.4, 0.5) is 0 Å². The maximum atomic E-state index is 11.9. The van der Waals surface area contributed by atoms with Crippen LogP contribution >= 0.6 is 24.8 Å². The van der Waals surface area contributed by atoms with Crippen LogP contribution in [0, 0.1) is 5.92 Å². The molecule has 1 fully saturated rings. The summed E-state index contributed by atoms with van der Waals surface area (Å²) in [5.74, 6) is 1.30. The van der Waals surface area contributed by atoms with Crippen LogP contribution in [0.3, 0.4) is 0 Å². The number of rotatable bonds is 4. The zero-order valence-corrected chi connectivity index (χ0v) is 12.5. The molecular weight excluding hydrogens is 287 g/mol. The first kappa shape index (κ1) is 18.2. The number of nitrogens with zero attached hydrogens (tertiary/aromatic N) is 1. The van der Waals surface area contributed by atoms with Gasteiger partial charge in [-0.05, 0) is 32.4 Å². The third kappa shape index (κ3) is 6.27. The third-order valence-electron chi connectivity index (χ3n) is 3.16. The number of amides is 1. The van der Waals surface area contributed by atoms with E-state index in [4.69, 9.17) is 0 Å². The van der Waals surface area contributed by atoms with Crippen LogP contribution in [0.5, 0.6) is 0 Å². The van der Waals surface area contributed by atoms with Gasteiger partial charge in [-0.15, -0.1) is 24.8 Å². The molecule has 1 saturated heterocycles. The van der Waals surface area contributed by atoms with Gasteiger partial charge in [0.25, 0.3) is 0 Å². The van der Waals surface area contributed by atoms with Gasteiger partial charge in [-0.25, -0.2) is 4.98 Å². The molecule has 2 rings (SSSR count). The Morgan fingerprint density at radius 2 is 2.21 bits per heavy atom. The van der Waals surface area contributed by atoms with Crippen LogP contribution in [-0.4, -0.2) is 35.5 Å². The average Bonchev–Trinajstić information content (AvgIpc) is 2.69. The number of nitrogens with one attached hydrogen (secondary N) is 3. The molecule has 1 aliphatic heterocycles. The summed E-state index contributed by atoms with van der Waals surface area (Å²) in [4.78, 5) is 19.1. The smallest absolute Gasteiger partial charge is 0.223 e. The normalized spacial score (nSPS) is 18.6. The van der Waals surface area contributed by atoms with E-state index in [0.29, 0.717) is 6.54 Å². The molecular formula is C12H22Cl2N4O. The highest BCUT2D eigenvalue weighted by molar-refractivity contribution is 5.85. The minimum Gasteiger partial charge on any atom is -0.355 e. The molecule has 1 aromatic rings. The Morgan fingerprint density at radius 3 is 2.95 bits per heavy atom. The van der Waals surface area contributed by atoms with E-state index in [2.05, 4.69) is 20.6 Å². The van der Waals surface area contributed by atoms with Crippen molar-refractivity contribution in [1.82, 2.24) is 20.6 Å². The second-order valence-electron chi connectivity index (χ2n) is 4.45. The first-order chi connectivity index (χ1) is 8.36. The minimum absolute atomic E-state index is 0. The van der Waals surface area contributed by atoms with E-state index in [9.17, 15) is 4.79 Å². The number of H-pyrrole nitrogens is 1. The van der Waals surface area contributed by atoms with E-state index in [-0.39, 0.29) is 36.6 Å². The molecule has 1 amide bonds. The SMILES string of the molecule is Cl.Cl.O=C(NCCc1ncc[nH]1)C1CCCNCC1. The number of carbonyl (C=O) groups is 1. The number of aromatic amines is 1. The average molecular weight is 309 g/mol. The molecule has 0 aliphatic carbocycles. The molecule has 3 N–H and O–H groups in total. The van der Waals surface area contributed by atoms with Gasteiger partial charge in [0.2, 0.25) is 5.91 Å². The summed E-state index contributed by atoms with van der Waals surface area (Å²) in [5.41, 5.74) is 0. The summed E-state index contributed by atoms with van der Waals surface area (Å²) in [6.45, 7) is 2.66. The summed E-state index contributed by atoms with van der Waals surface area (Å²) in [7, 11) is 0. The highest BCUT2D eigenvalue weighted by Gasteiger charge is 2.19. The van der Waals surface area contributed by atoms with Gasteiger partial charge in [0.15, 0.2) is 0 Å². The summed E-state index contributed by atoms with van der Waals surface area (Å²) in [6, 6.07) is 0. The lowest BCUT2D eigenvalue weighted by atomic mass is 10.00. The van der Waals surface area contributed by atoms with Crippen LogP contribution < -0.4 is 10.6 Å². The van der Waals surface area contributed by atoms with Crippen molar-refractivity contribution in [1.29, 1.82) is 0 Å². The first-order valence-electron chi connectivity index (χ1n) is 6.33. The van der Waals surface area contributed by atoms with Crippen LogP contribution in [0.25, 0.3) is 0 Å². The van der Waals surface area contributed by atoms with Crippen molar-refractivity contribution < 1.29 is 4.79 Å². The molecule has 19 heavy (non-hydrogen) atoms. The van der Waals surface area contributed by atoms with Gasteiger partial charge in [0.05, 0.1) is 0 Å². The van der Waals surface area contributed by atoms with E-state index >= 15 is 0 Å². The number of hydrogen-bond acceptors (Lipinski definition) is 3. The molecule has 1 unspecified atom stereocenters. The fourth-order valence-electron chi connectivity index (χ4n) is 2.16. The largest absolute Gasteiger partial charge is 0.355 e. The number of carbonyl (C=O) groups excluding carboxylic acids is 1. The third-order valence-corrected chi connectivity index (χ3v) is 3.16. The summed E-state index contributed by atoms with van der Waals surface area (Å²) in [5, 5.41) is 6.31. The molecule has 2 heterocycles. The molecule has 5 nitrogen and oxygen atoms in total. The molecule has 1 aromatic heterocycles. The Hall–Kier alpha value is -0.780. The second-order valence-corrected chi connectivity index (χ2v) is 4.45.